The van der Waals surface area contributed by atoms with Crippen LogP contribution in [0.3, 0.4) is 0 Å². The average molecular weight is 515 g/mol. The fourth-order valence-electron chi connectivity index (χ4n) is 5.27. The zero-order valence-electron chi connectivity index (χ0n) is 23.9. The molecular weight excluding hydrogens is 464 g/mol. The Bertz CT molecular complexity index is 1020. The van der Waals surface area contributed by atoms with Crippen molar-refractivity contribution in [2.75, 3.05) is 18.1 Å². The van der Waals surface area contributed by atoms with Gasteiger partial charge in [-0.2, -0.15) is 0 Å². The van der Waals surface area contributed by atoms with Crippen LogP contribution in [0.2, 0.25) is 0 Å². The third kappa shape index (κ3) is 10.1. The van der Waals surface area contributed by atoms with Crippen LogP contribution in [-0.4, -0.2) is 6.61 Å². The monoisotopic (exact) mass is 514 g/mol. The van der Waals surface area contributed by atoms with E-state index in [0.29, 0.717) is 0 Å². The maximum Gasteiger partial charge on any atom is 0.120 e. The van der Waals surface area contributed by atoms with E-state index in [1.54, 1.807) is 0 Å². The van der Waals surface area contributed by atoms with Crippen molar-refractivity contribution in [3.05, 3.63) is 66.2 Å². The number of anilines is 2. The lowest BCUT2D eigenvalue weighted by Gasteiger charge is -2.16. The van der Waals surface area contributed by atoms with Crippen molar-refractivity contribution in [1.82, 2.24) is 0 Å². The molecule has 3 rings (SSSR count). The molecule has 0 atom stereocenters. The molecule has 0 saturated heterocycles. The Morgan fingerprint density at radius 1 is 0.553 bits per heavy atom. The van der Waals surface area contributed by atoms with Crippen LogP contribution in [-0.2, 0) is 0 Å². The van der Waals surface area contributed by atoms with Gasteiger partial charge in [-0.3, -0.25) is 0 Å². The number of unbranched alkanes of at least 4 members (excludes halogenated alkanes) is 13. The molecule has 0 aromatic heterocycles. The summed E-state index contributed by atoms with van der Waals surface area (Å²) < 4.78 is 6.29. The smallest absolute Gasteiger partial charge is 0.120 e. The summed E-state index contributed by atoms with van der Waals surface area (Å²) in [5.74, 6) is 0.903. The fraction of sp³-hybridized carbons (Fsp3) is 0.486. The first kappa shape index (κ1) is 29.6. The molecule has 4 N–H and O–H groups in total. The number of ether oxygens (including phenoxy) is 1. The molecule has 0 aliphatic rings. The molecule has 0 fully saturated rings. The van der Waals surface area contributed by atoms with Crippen LogP contribution in [0.1, 0.15) is 102 Å². The molecule has 38 heavy (non-hydrogen) atoms. The standard InChI is InChI=1S/C35H50N2O/c1-3-4-5-6-7-8-9-10-11-12-13-14-15-16-23-38-33-26-34(29-19-17-21-31(36)24-29)28(2)35(27-33)30-20-18-22-32(37)25-30/h17-22,24-27H,3-16,23,36-37H2,1-2H3. The lowest BCUT2D eigenvalue weighted by atomic mass is 9.92. The quantitative estimate of drug-likeness (QED) is 0.131. The van der Waals surface area contributed by atoms with Gasteiger partial charge in [-0.05, 0) is 77.6 Å². The first-order chi connectivity index (χ1) is 18.6. The van der Waals surface area contributed by atoms with Gasteiger partial charge >= 0.3 is 0 Å². The zero-order valence-corrected chi connectivity index (χ0v) is 23.9. The third-order valence-corrected chi connectivity index (χ3v) is 7.54. The Balaban J connectivity index is 1.45. The van der Waals surface area contributed by atoms with Crippen molar-refractivity contribution in [2.24, 2.45) is 0 Å². The minimum Gasteiger partial charge on any atom is -0.494 e. The van der Waals surface area contributed by atoms with E-state index in [4.69, 9.17) is 16.2 Å². The molecule has 3 heteroatoms. The first-order valence-corrected chi connectivity index (χ1v) is 15.1. The maximum absolute atomic E-state index is 6.29. The Morgan fingerprint density at radius 2 is 0.974 bits per heavy atom. The van der Waals surface area contributed by atoms with Crippen LogP contribution < -0.4 is 16.2 Å². The summed E-state index contributed by atoms with van der Waals surface area (Å²) in [5, 5.41) is 0. The van der Waals surface area contributed by atoms with Crippen LogP contribution >= 0.6 is 0 Å². The number of nitrogens with two attached hydrogens (primary N) is 2. The van der Waals surface area contributed by atoms with Gasteiger partial charge in [0.2, 0.25) is 0 Å². The summed E-state index contributed by atoms with van der Waals surface area (Å²) in [6, 6.07) is 20.5. The summed E-state index contributed by atoms with van der Waals surface area (Å²) in [4.78, 5) is 0. The lowest BCUT2D eigenvalue weighted by molar-refractivity contribution is 0.304. The highest BCUT2D eigenvalue weighted by Crippen LogP contribution is 2.37. The van der Waals surface area contributed by atoms with Crippen LogP contribution in [0.25, 0.3) is 22.3 Å². The van der Waals surface area contributed by atoms with Crippen molar-refractivity contribution in [3.8, 4) is 28.0 Å². The molecule has 0 spiro atoms. The van der Waals surface area contributed by atoms with Crippen molar-refractivity contribution in [1.29, 1.82) is 0 Å². The van der Waals surface area contributed by atoms with Gasteiger partial charge in [0.1, 0.15) is 5.75 Å². The van der Waals surface area contributed by atoms with E-state index in [-0.39, 0.29) is 0 Å². The summed E-state index contributed by atoms with van der Waals surface area (Å²) in [6.07, 6.45) is 19.1. The summed E-state index contributed by atoms with van der Waals surface area (Å²) in [7, 11) is 0. The van der Waals surface area contributed by atoms with Gasteiger partial charge in [0.05, 0.1) is 6.61 Å². The fourth-order valence-corrected chi connectivity index (χ4v) is 5.27. The number of benzene rings is 3. The average Bonchev–Trinajstić information content (AvgIpc) is 2.91. The number of hydrogen-bond donors (Lipinski definition) is 2. The molecular formula is C35H50N2O. The van der Waals surface area contributed by atoms with Gasteiger partial charge < -0.3 is 16.2 Å². The molecule has 3 aromatic rings. The molecule has 0 saturated carbocycles. The van der Waals surface area contributed by atoms with Gasteiger partial charge in [-0.15, -0.1) is 0 Å². The van der Waals surface area contributed by atoms with Crippen LogP contribution in [0, 0.1) is 6.92 Å². The highest BCUT2D eigenvalue weighted by atomic mass is 16.5. The summed E-state index contributed by atoms with van der Waals surface area (Å²) in [5.41, 5.74) is 19.4. The van der Waals surface area contributed by atoms with Gasteiger partial charge in [0, 0.05) is 11.4 Å². The van der Waals surface area contributed by atoms with Crippen molar-refractivity contribution in [3.63, 3.8) is 0 Å². The van der Waals surface area contributed by atoms with Crippen LogP contribution in [0.15, 0.2) is 60.7 Å². The SMILES string of the molecule is CCCCCCCCCCCCCCCCOc1cc(-c2cccc(N)c2)c(C)c(-c2cccc(N)c2)c1. The maximum atomic E-state index is 6.29. The molecule has 206 valence electrons. The number of nitrogen functional groups attached to an aromatic ring is 2. The summed E-state index contributed by atoms with van der Waals surface area (Å²) >= 11 is 0. The molecule has 0 aliphatic heterocycles. The summed E-state index contributed by atoms with van der Waals surface area (Å²) in [6.45, 7) is 5.19. The second-order valence-electron chi connectivity index (χ2n) is 10.8. The predicted octanol–water partition coefficient (Wildman–Crippen LogP) is 10.4. The minimum absolute atomic E-state index is 0.744. The van der Waals surface area contributed by atoms with Crippen molar-refractivity contribution >= 4 is 11.4 Å². The second kappa shape index (κ2) is 16.8. The van der Waals surface area contributed by atoms with E-state index in [1.165, 1.54) is 89.0 Å². The molecule has 3 aromatic carbocycles. The van der Waals surface area contributed by atoms with E-state index < -0.39 is 0 Å². The van der Waals surface area contributed by atoms with Crippen LogP contribution in [0.5, 0.6) is 5.75 Å². The van der Waals surface area contributed by atoms with E-state index in [0.717, 1.165) is 52.4 Å². The molecule has 0 aliphatic carbocycles. The lowest BCUT2D eigenvalue weighted by Crippen LogP contribution is -2.00. The minimum atomic E-state index is 0.744. The van der Waals surface area contributed by atoms with E-state index in [1.807, 2.05) is 36.4 Å². The number of rotatable bonds is 18. The third-order valence-electron chi connectivity index (χ3n) is 7.54. The van der Waals surface area contributed by atoms with E-state index in [9.17, 15) is 0 Å². The molecule has 0 amide bonds. The topological polar surface area (TPSA) is 61.3 Å². The molecule has 0 heterocycles. The largest absolute Gasteiger partial charge is 0.494 e. The number of hydrogen-bond acceptors (Lipinski definition) is 3. The Labute approximate surface area is 232 Å². The van der Waals surface area contributed by atoms with Crippen LogP contribution in [0.4, 0.5) is 11.4 Å². The molecule has 0 bridgehead atoms. The zero-order chi connectivity index (χ0) is 27.0. The van der Waals surface area contributed by atoms with Gasteiger partial charge in [0.25, 0.3) is 0 Å². The molecule has 0 radical (unpaired) electrons. The second-order valence-corrected chi connectivity index (χ2v) is 10.8. The van der Waals surface area contributed by atoms with Crippen molar-refractivity contribution < 1.29 is 4.74 Å². The first-order valence-electron chi connectivity index (χ1n) is 15.1. The molecule has 3 nitrogen and oxygen atoms in total. The van der Waals surface area contributed by atoms with Gasteiger partial charge in [0.15, 0.2) is 0 Å². The predicted molar refractivity (Wildman–Crippen MR) is 167 cm³/mol. The van der Waals surface area contributed by atoms with Gasteiger partial charge in [-0.25, -0.2) is 0 Å². The Hall–Kier alpha value is -2.94. The highest BCUT2D eigenvalue weighted by Gasteiger charge is 2.12. The van der Waals surface area contributed by atoms with Crippen molar-refractivity contribution in [2.45, 2.75) is 104 Å². The normalized spacial score (nSPS) is 11.1. The molecule has 0 unspecified atom stereocenters. The Morgan fingerprint density at radius 3 is 1.39 bits per heavy atom. The van der Waals surface area contributed by atoms with Gasteiger partial charge in [-0.1, -0.05) is 115 Å². The van der Waals surface area contributed by atoms with E-state index >= 15 is 0 Å². The highest BCUT2D eigenvalue weighted by molar-refractivity contribution is 5.82. The Kier molecular flexibility index (Phi) is 13.1. The van der Waals surface area contributed by atoms with E-state index in [2.05, 4.69) is 38.1 Å².